The van der Waals surface area contributed by atoms with Crippen LogP contribution in [0.1, 0.15) is 18.4 Å². The van der Waals surface area contributed by atoms with Crippen molar-refractivity contribution in [3.63, 3.8) is 0 Å². The van der Waals surface area contributed by atoms with Gasteiger partial charge in [-0.1, -0.05) is 18.2 Å². The number of hydrogen-bond acceptors (Lipinski definition) is 4. The van der Waals surface area contributed by atoms with Gasteiger partial charge in [-0.2, -0.15) is 0 Å². The first-order valence-corrected chi connectivity index (χ1v) is 8.11. The summed E-state index contributed by atoms with van der Waals surface area (Å²) >= 11 is 0. The van der Waals surface area contributed by atoms with Crippen molar-refractivity contribution in [3.8, 4) is 0 Å². The summed E-state index contributed by atoms with van der Waals surface area (Å²) in [6, 6.07) is 8.65. The average molecular weight is 448 g/mol. The van der Waals surface area contributed by atoms with Crippen molar-refractivity contribution in [1.82, 2.24) is 4.90 Å². The SMILES string of the molecule is COCCN(CCN=C(N)Nc1ccccc1COC)C1CC1.I. The van der Waals surface area contributed by atoms with Gasteiger partial charge in [-0.15, -0.1) is 24.0 Å². The maximum absolute atomic E-state index is 6.00. The van der Waals surface area contributed by atoms with Gasteiger partial charge < -0.3 is 20.5 Å². The highest BCUT2D eigenvalue weighted by atomic mass is 127. The first-order valence-electron chi connectivity index (χ1n) is 8.11. The van der Waals surface area contributed by atoms with Gasteiger partial charge in [0.15, 0.2) is 5.96 Å². The van der Waals surface area contributed by atoms with E-state index in [-0.39, 0.29) is 24.0 Å². The Morgan fingerprint density at radius 2 is 2.00 bits per heavy atom. The van der Waals surface area contributed by atoms with Crippen molar-refractivity contribution in [2.45, 2.75) is 25.5 Å². The van der Waals surface area contributed by atoms with Gasteiger partial charge in [-0.3, -0.25) is 9.89 Å². The molecule has 1 saturated carbocycles. The quantitative estimate of drug-likeness (QED) is 0.327. The third kappa shape index (κ3) is 7.33. The van der Waals surface area contributed by atoms with E-state index in [9.17, 15) is 0 Å². The van der Waals surface area contributed by atoms with Crippen LogP contribution in [0, 0.1) is 0 Å². The molecule has 136 valence electrons. The molecule has 6 nitrogen and oxygen atoms in total. The minimum atomic E-state index is 0. The van der Waals surface area contributed by atoms with Crippen LogP contribution in [0.25, 0.3) is 0 Å². The second-order valence-electron chi connectivity index (χ2n) is 5.74. The largest absolute Gasteiger partial charge is 0.383 e. The number of guanidine groups is 1. The van der Waals surface area contributed by atoms with E-state index in [1.165, 1.54) is 12.8 Å². The van der Waals surface area contributed by atoms with Gasteiger partial charge >= 0.3 is 0 Å². The number of nitrogens with zero attached hydrogens (tertiary/aromatic N) is 2. The third-order valence-corrected chi connectivity index (χ3v) is 3.90. The van der Waals surface area contributed by atoms with Crippen molar-refractivity contribution in [2.75, 3.05) is 45.8 Å². The molecule has 1 aromatic carbocycles. The maximum atomic E-state index is 6.00. The summed E-state index contributed by atoms with van der Waals surface area (Å²) in [5.41, 5.74) is 8.01. The number of benzene rings is 1. The molecule has 7 heteroatoms. The molecule has 1 aliphatic carbocycles. The lowest BCUT2D eigenvalue weighted by Crippen LogP contribution is -2.33. The molecule has 1 aromatic rings. The summed E-state index contributed by atoms with van der Waals surface area (Å²) in [4.78, 5) is 6.87. The van der Waals surface area contributed by atoms with Crippen LogP contribution >= 0.6 is 24.0 Å². The number of rotatable bonds is 10. The number of ether oxygens (including phenoxy) is 2. The molecule has 0 bridgehead atoms. The highest BCUT2D eigenvalue weighted by Crippen LogP contribution is 2.26. The van der Waals surface area contributed by atoms with Gasteiger partial charge in [0.05, 0.1) is 19.8 Å². The minimum absolute atomic E-state index is 0. The molecule has 0 radical (unpaired) electrons. The van der Waals surface area contributed by atoms with E-state index >= 15 is 0 Å². The molecule has 3 N–H and O–H groups in total. The Morgan fingerprint density at radius 3 is 2.67 bits per heavy atom. The van der Waals surface area contributed by atoms with Crippen LogP contribution in [-0.2, 0) is 16.1 Å². The average Bonchev–Trinajstić information content (AvgIpc) is 3.37. The highest BCUT2D eigenvalue weighted by molar-refractivity contribution is 14.0. The molecule has 1 fully saturated rings. The molecule has 0 aliphatic heterocycles. The fourth-order valence-electron chi connectivity index (χ4n) is 2.53. The molecule has 0 heterocycles. The lowest BCUT2D eigenvalue weighted by molar-refractivity contribution is 0.145. The van der Waals surface area contributed by atoms with Gasteiger partial charge in [0.1, 0.15) is 0 Å². The zero-order valence-corrected chi connectivity index (χ0v) is 16.9. The molecule has 24 heavy (non-hydrogen) atoms. The Morgan fingerprint density at radius 1 is 1.25 bits per heavy atom. The normalized spacial score (nSPS) is 14.5. The predicted molar refractivity (Wildman–Crippen MR) is 109 cm³/mol. The Kier molecular flexibility index (Phi) is 10.2. The van der Waals surface area contributed by atoms with Crippen molar-refractivity contribution in [1.29, 1.82) is 0 Å². The minimum Gasteiger partial charge on any atom is -0.383 e. The van der Waals surface area contributed by atoms with Crippen molar-refractivity contribution in [3.05, 3.63) is 29.8 Å². The number of anilines is 1. The molecule has 0 amide bonds. The van der Waals surface area contributed by atoms with E-state index < -0.39 is 0 Å². The summed E-state index contributed by atoms with van der Waals surface area (Å²) in [5, 5.41) is 3.16. The number of nitrogens with two attached hydrogens (primary N) is 1. The topological polar surface area (TPSA) is 72.1 Å². The van der Waals surface area contributed by atoms with E-state index in [1.54, 1.807) is 14.2 Å². The highest BCUT2D eigenvalue weighted by Gasteiger charge is 2.27. The molecule has 0 aromatic heterocycles. The predicted octanol–water partition coefficient (Wildman–Crippen LogP) is 2.29. The lowest BCUT2D eigenvalue weighted by atomic mass is 10.2. The van der Waals surface area contributed by atoms with Crippen molar-refractivity contribution in [2.24, 2.45) is 10.7 Å². The van der Waals surface area contributed by atoms with E-state index in [1.807, 2.05) is 24.3 Å². The first kappa shape index (κ1) is 21.1. The molecular weight excluding hydrogens is 419 g/mol. The van der Waals surface area contributed by atoms with Gasteiger partial charge in [-0.05, 0) is 18.9 Å². The van der Waals surface area contributed by atoms with Gasteiger partial charge in [-0.25, -0.2) is 0 Å². The maximum Gasteiger partial charge on any atom is 0.193 e. The first-order chi connectivity index (χ1) is 11.2. The van der Waals surface area contributed by atoms with Gasteiger partial charge in [0.25, 0.3) is 0 Å². The number of para-hydroxylation sites is 1. The van der Waals surface area contributed by atoms with E-state index in [2.05, 4.69) is 15.2 Å². The van der Waals surface area contributed by atoms with E-state index in [0.29, 0.717) is 25.2 Å². The third-order valence-electron chi connectivity index (χ3n) is 3.90. The van der Waals surface area contributed by atoms with Crippen LogP contribution in [-0.4, -0.2) is 57.4 Å². The summed E-state index contributed by atoms with van der Waals surface area (Å²) in [6.07, 6.45) is 2.57. The monoisotopic (exact) mass is 448 g/mol. The van der Waals surface area contributed by atoms with Crippen LogP contribution in [0.5, 0.6) is 0 Å². The number of aliphatic imine (C=N–C) groups is 1. The summed E-state index contributed by atoms with van der Waals surface area (Å²) < 4.78 is 10.4. The number of hydrogen-bond donors (Lipinski definition) is 2. The van der Waals surface area contributed by atoms with Crippen LogP contribution in [0.3, 0.4) is 0 Å². The van der Waals surface area contributed by atoms with E-state index in [4.69, 9.17) is 15.2 Å². The number of nitrogens with one attached hydrogen (secondary N) is 1. The smallest absolute Gasteiger partial charge is 0.193 e. The zero-order chi connectivity index (χ0) is 16.5. The second kappa shape index (κ2) is 11.6. The number of halogens is 1. The fourth-order valence-corrected chi connectivity index (χ4v) is 2.53. The summed E-state index contributed by atoms with van der Waals surface area (Å²) in [6.45, 7) is 3.86. The lowest BCUT2D eigenvalue weighted by Gasteiger charge is -2.20. The molecule has 0 atom stereocenters. The van der Waals surface area contributed by atoms with Crippen LogP contribution in [0.15, 0.2) is 29.3 Å². The zero-order valence-electron chi connectivity index (χ0n) is 14.5. The number of methoxy groups -OCH3 is 2. The Hall–Kier alpha value is -0.900. The van der Waals surface area contributed by atoms with Crippen molar-refractivity contribution >= 4 is 35.6 Å². The molecule has 1 aliphatic rings. The summed E-state index contributed by atoms with van der Waals surface area (Å²) in [5.74, 6) is 0.441. The molecule has 0 saturated heterocycles. The Balaban J connectivity index is 0.00000288. The van der Waals surface area contributed by atoms with Crippen molar-refractivity contribution < 1.29 is 9.47 Å². The molecular formula is C17H29IN4O2. The molecule has 2 rings (SSSR count). The van der Waals surface area contributed by atoms with E-state index in [0.717, 1.165) is 30.9 Å². The van der Waals surface area contributed by atoms with Crippen LogP contribution in [0.4, 0.5) is 5.69 Å². The Bertz CT molecular complexity index is 509. The standard InChI is InChI=1S/C17H28N4O2.HI/c1-22-12-11-21(15-7-8-15)10-9-19-17(18)20-16-6-4-3-5-14(16)13-23-2;/h3-6,15H,7-13H2,1-2H3,(H3,18,19,20);1H. The molecule has 0 unspecified atom stereocenters. The van der Waals surface area contributed by atoms with Gasteiger partial charge in [0, 0.05) is 44.6 Å². The van der Waals surface area contributed by atoms with Crippen LogP contribution in [0.2, 0.25) is 0 Å². The summed E-state index contributed by atoms with van der Waals surface area (Å²) in [7, 11) is 3.42. The van der Waals surface area contributed by atoms with Gasteiger partial charge in [0.2, 0.25) is 0 Å². The Labute approximate surface area is 161 Å². The molecule has 0 spiro atoms. The fraction of sp³-hybridized carbons (Fsp3) is 0.588. The second-order valence-corrected chi connectivity index (χ2v) is 5.74. The van der Waals surface area contributed by atoms with Crippen LogP contribution < -0.4 is 11.1 Å².